The van der Waals surface area contributed by atoms with Crippen molar-refractivity contribution < 1.29 is 18.7 Å². The summed E-state index contributed by atoms with van der Waals surface area (Å²) in [5.41, 5.74) is 4.46. The number of ether oxygens (including phenoxy) is 1. The molecule has 2 amide bonds. The second kappa shape index (κ2) is 10.5. The molecule has 0 unspecified atom stereocenters. The first-order valence-electron chi connectivity index (χ1n) is 9.22. The lowest BCUT2D eigenvalue weighted by Gasteiger charge is -2.06. The van der Waals surface area contributed by atoms with E-state index >= 15 is 0 Å². The molecule has 0 aliphatic heterocycles. The predicted octanol–water partition coefficient (Wildman–Crippen LogP) is 3.28. The molecule has 0 fully saturated rings. The molecule has 0 aliphatic rings. The van der Waals surface area contributed by atoms with Crippen LogP contribution in [0, 0.1) is 5.82 Å². The van der Waals surface area contributed by atoms with Crippen LogP contribution >= 0.6 is 0 Å². The minimum atomic E-state index is -0.482. The molecule has 6 nitrogen and oxygen atoms in total. The Balaban J connectivity index is 1.40. The maximum Gasteiger partial charge on any atom is 0.259 e. The third-order valence-electron chi connectivity index (χ3n) is 4.05. The summed E-state index contributed by atoms with van der Waals surface area (Å²) in [6.07, 6.45) is 1.49. The summed E-state index contributed by atoms with van der Waals surface area (Å²) in [6, 6.07) is 22.1. The summed E-state index contributed by atoms with van der Waals surface area (Å²) in [7, 11) is 0. The molecule has 0 heterocycles. The molecule has 0 radical (unpaired) electrons. The largest absolute Gasteiger partial charge is 0.489 e. The number of hydrogen-bond acceptors (Lipinski definition) is 4. The van der Waals surface area contributed by atoms with Crippen LogP contribution in [-0.4, -0.2) is 24.6 Å². The Morgan fingerprint density at radius 2 is 1.63 bits per heavy atom. The maximum absolute atomic E-state index is 12.9. The van der Waals surface area contributed by atoms with E-state index in [4.69, 9.17) is 4.74 Å². The SMILES string of the molecule is O=C(CNC(=O)c1ccc(F)cc1)NN=Cc1ccc(OCc2ccccc2)cc1. The Morgan fingerprint density at radius 3 is 2.33 bits per heavy atom. The third kappa shape index (κ3) is 6.56. The summed E-state index contributed by atoms with van der Waals surface area (Å²) >= 11 is 0. The van der Waals surface area contributed by atoms with Gasteiger partial charge in [-0.1, -0.05) is 30.3 Å². The van der Waals surface area contributed by atoms with Gasteiger partial charge >= 0.3 is 0 Å². The number of nitrogens with one attached hydrogen (secondary N) is 2. The zero-order valence-electron chi connectivity index (χ0n) is 16.0. The van der Waals surface area contributed by atoms with Gasteiger partial charge in [0, 0.05) is 5.56 Å². The van der Waals surface area contributed by atoms with Crippen LogP contribution in [0.5, 0.6) is 5.75 Å². The number of hydrazone groups is 1. The fourth-order valence-corrected chi connectivity index (χ4v) is 2.47. The normalized spacial score (nSPS) is 10.6. The van der Waals surface area contributed by atoms with Crippen molar-refractivity contribution in [3.8, 4) is 5.75 Å². The average molecular weight is 405 g/mol. The molecular weight excluding hydrogens is 385 g/mol. The summed E-state index contributed by atoms with van der Waals surface area (Å²) in [4.78, 5) is 23.6. The standard InChI is InChI=1S/C23H20FN3O3/c24-20-10-8-19(9-11-20)23(29)25-15-22(28)27-26-14-17-6-12-21(13-7-17)30-16-18-4-2-1-3-5-18/h1-14H,15-16H2,(H,25,29)(H,27,28). The van der Waals surface area contributed by atoms with Crippen LogP contribution in [0.4, 0.5) is 4.39 Å². The predicted molar refractivity (Wildman–Crippen MR) is 112 cm³/mol. The lowest BCUT2D eigenvalue weighted by molar-refractivity contribution is -0.120. The summed E-state index contributed by atoms with van der Waals surface area (Å²) < 4.78 is 18.6. The summed E-state index contributed by atoms with van der Waals surface area (Å²) in [6.45, 7) is 0.230. The smallest absolute Gasteiger partial charge is 0.259 e. The minimum absolute atomic E-state index is 0.250. The fourth-order valence-electron chi connectivity index (χ4n) is 2.47. The van der Waals surface area contributed by atoms with Gasteiger partial charge in [0.25, 0.3) is 11.8 Å². The van der Waals surface area contributed by atoms with E-state index in [9.17, 15) is 14.0 Å². The van der Waals surface area contributed by atoms with Gasteiger partial charge in [-0.3, -0.25) is 9.59 Å². The molecule has 0 atom stereocenters. The van der Waals surface area contributed by atoms with Gasteiger partial charge in [-0.05, 0) is 59.7 Å². The van der Waals surface area contributed by atoms with Gasteiger partial charge in [0.1, 0.15) is 18.2 Å². The molecule has 3 aromatic rings. The molecule has 0 aromatic heterocycles. The number of carbonyl (C=O) groups is 2. The summed E-state index contributed by atoms with van der Waals surface area (Å²) in [5, 5.41) is 6.30. The first kappa shape index (κ1) is 20.7. The number of carbonyl (C=O) groups excluding carboxylic acids is 2. The number of benzene rings is 3. The first-order valence-corrected chi connectivity index (χ1v) is 9.22. The van der Waals surface area contributed by atoms with Gasteiger partial charge in [-0.25, -0.2) is 9.82 Å². The van der Waals surface area contributed by atoms with Crippen LogP contribution in [-0.2, 0) is 11.4 Å². The monoisotopic (exact) mass is 405 g/mol. The second-order valence-electron chi connectivity index (χ2n) is 6.33. The van der Waals surface area contributed by atoms with Crippen molar-refractivity contribution in [3.63, 3.8) is 0 Å². The van der Waals surface area contributed by atoms with Gasteiger partial charge in [0.15, 0.2) is 0 Å². The molecule has 3 aromatic carbocycles. The molecule has 30 heavy (non-hydrogen) atoms. The van der Waals surface area contributed by atoms with Crippen LogP contribution in [0.15, 0.2) is 84.0 Å². The zero-order chi connectivity index (χ0) is 21.2. The number of amides is 2. The number of hydrogen-bond donors (Lipinski definition) is 2. The Bertz CT molecular complexity index is 1000. The van der Waals surface area contributed by atoms with E-state index in [0.29, 0.717) is 6.61 Å². The van der Waals surface area contributed by atoms with Crippen molar-refractivity contribution in [3.05, 3.63) is 101 Å². The lowest BCUT2D eigenvalue weighted by atomic mass is 10.2. The van der Waals surface area contributed by atoms with E-state index in [-0.39, 0.29) is 12.1 Å². The van der Waals surface area contributed by atoms with Crippen molar-refractivity contribution >= 4 is 18.0 Å². The number of rotatable bonds is 8. The van der Waals surface area contributed by atoms with Crippen LogP contribution in [0.3, 0.4) is 0 Å². The van der Waals surface area contributed by atoms with Gasteiger partial charge in [-0.15, -0.1) is 0 Å². The number of halogens is 1. The van der Waals surface area contributed by atoms with Crippen LogP contribution in [0.2, 0.25) is 0 Å². The molecule has 0 spiro atoms. The van der Waals surface area contributed by atoms with Gasteiger partial charge < -0.3 is 10.1 Å². The minimum Gasteiger partial charge on any atom is -0.489 e. The van der Waals surface area contributed by atoms with E-state index in [1.165, 1.54) is 30.5 Å². The molecule has 3 rings (SSSR count). The van der Waals surface area contributed by atoms with Crippen LogP contribution in [0.25, 0.3) is 0 Å². The van der Waals surface area contributed by atoms with Crippen LogP contribution in [0.1, 0.15) is 21.5 Å². The quantitative estimate of drug-likeness (QED) is 0.446. The molecule has 0 aliphatic carbocycles. The fraction of sp³-hybridized carbons (Fsp3) is 0.0870. The van der Waals surface area contributed by atoms with E-state index in [2.05, 4.69) is 15.8 Å². The van der Waals surface area contributed by atoms with Crippen molar-refractivity contribution in [1.29, 1.82) is 0 Å². The third-order valence-corrected chi connectivity index (χ3v) is 4.05. The molecular formula is C23H20FN3O3. The zero-order valence-corrected chi connectivity index (χ0v) is 16.0. The first-order chi connectivity index (χ1) is 14.6. The van der Waals surface area contributed by atoms with Crippen LogP contribution < -0.4 is 15.5 Å². The second-order valence-corrected chi connectivity index (χ2v) is 6.33. The lowest BCUT2D eigenvalue weighted by Crippen LogP contribution is -2.34. The Morgan fingerprint density at radius 1 is 0.933 bits per heavy atom. The van der Waals surface area contributed by atoms with Crippen molar-refractivity contribution in [2.24, 2.45) is 5.10 Å². The maximum atomic E-state index is 12.9. The Kier molecular flexibility index (Phi) is 7.27. The van der Waals surface area contributed by atoms with E-state index in [0.717, 1.165) is 16.9 Å². The van der Waals surface area contributed by atoms with Gasteiger partial charge in [0.2, 0.25) is 0 Å². The molecule has 2 N–H and O–H groups in total. The Labute approximate surface area is 173 Å². The average Bonchev–Trinajstić information content (AvgIpc) is 2.78. The molecule has 0 saturated carbocycles. The molecule has 0 saturated heterocycles. The van der Waals surface area contributed by atoms with Gasteiger partial charge in [-0.2, -0.15) is 5.10 Å². The van der Waals surface area contributed by atoms with Crippen molar-refractivity contribution in [2.75, 3.05) is 6.54 Å². The highest BCUT2D eigenvalue weighted by Crippen LogP contribution is 2.13. The molecule has 0 bridgehead atoms. The van der Waals surface area contributed by atoms with Gasteiger partial charge in [0.05, 0.1) is 12.8 Å². The van der Waals surface area contributed by atoms with Crippen molar-refractivity contribution in [2.45, 2.75) is 6.61 Å². The van der Waals surface area contributed by atoms with E-state index in [1.807, 2.05) is 54.6 Å². The topological polar surface area (TPSA) is 79.8 Å². The highest BCUT2D eigenvalue weighted by atomic mass is 19.1. The van der Waals surface area contributed by atoms with E-state index in [1.54, 1.807) is 0 Å². The highest BCUT2D eigenvalue weighted by molar-refractivity contribution is 5.96. The molecule has 152 valence electrons. The molecule has 7 heteroatoms. The van der Waals surface area contributed by atoms with E-state index < -0.39 is 17.6 Å². The van der Waals surface area contributed by atoms with Crippen molar-refractivity contribution in [1.82, 2.24) is 10.7 Å². The Hall–Kier alpha value is -4.00. The number of nitrogens with zero attached hydrogens (tertiary/aromatic N) is 1. The highest BCUT2D eigenvalue weighted by Gasteiger charge is 2.07. The summed E-state index contributed by atoms with van der Waals surface area (Å²) in [5.74, 6) is -0.664.